The molecule has 0 spiro atoms. The van der Waals surface area contributed by atoms with Gasteiger partial charge in [-0.1, -0.05) is 24.6 Å². The van der Waals surface area contributed by atoms with Crippen LogP contribution < -0.4 is 20.7 Å². The average Bonchev–Trinajstić information content (AvgIpc) is 3.25. The summed E-state index contributed by atoms with van der Waals surface area (Å²) >= 11 is 7.03. The highest BCUT2D eigenvalue weighted by Crippen LogP contribution is 2.24. The van der Waals surface area contributed by atoms with Gasteiger partial charge in [0.25, 0.3) is 0 Å². The van der Waals surface area contributed by atoms with Gasteiger partial charge in [0, 0.05) is 42.0 Å². The second-order valence-corrected chi connectivity index (χ2v) is 9.39. The van der Waals surface area contributed by atoms with Crippen LogP contribution in [0.1, 0.15) is 43.4 Å². The van der Waals surface area contributed by atoms with E-state index in [-0.39, 0.29) is 5.91 Å². The number of likely N-dealkylation sites (tertiary alicyclic amines) is 1. The molecule has 0 aliphatic carbocycles. The van der Waals surface area contributed by atoms with Crippen LogP contribution in [0.25, 0.3) is 0 Å². The third-order valence-electron chi connectivity index (χ3n) is 5.27. The number of piperidine rings is 1. The second-order valence-electron chi connectivity index (χ2n) is 7.99. The van der Waals surface area contributed by atoms with Gasteiger partial charge in [0.15, 0.2) is 5.11 Å². The molecule has 32 heavy (non-hydrogen) atoms. The molecule has 1 aromatic carbocycles. The van der Waals surface area contributed by atoms with Gasteiger partial charge < -0.3 is 20.7 Å². The normalized spacial score (nSPS) is 14.0. The molecule has 1 saturated heterocycles. The zero-order valence-electron chi connectivity index (χ0n) is 18.6. The van der Waals surface area contributed by atoms with Gasteiger partial charge in [-0.05, 0) is 69.2 Å². The standard InChI is InChI=1S/C24H34N4O2S2/c29-23(11-7-12-26-24(31)27-20-9-3-1-4-10-20)25-13-8-16-30-21-17-22(32-19-21)18-28-14-5-2-6-15-28/h1,3-4,9-10,17,19H,2,5-8,11-16,18H2,(H,25,29)(H2,26,27,31). The number of nitrogens with zero attached hydrogens (tertiary/aromatic N) is 1. The quantitative estimate of drug-likeness (QED) is 0.313. The minimum absolute atomic E-state index is 0.0630. The minimum Gasteiger partial charge on any atom is -0.493 e. The van der Waals surface area contributed by atoms with E-state index in [2.05, 4.69) is 32.3 Å². The van der Waals surface area contributed by atoms with Crippen molar-refractivity contribution < 1.29 is 9.53 Å². The number of thiocarbonyl (C=S) groups is 1. The molecule has 1 fully saturated rings. The van der Waals surface area contributed by atoms with Crippen molar-refractivity contribution >= 4 is 40.3 Å². The van der Waals surface area contributed by atoms with Crippen LogP contribution in [0.2, 0.25) is 0 Å². The number of nitrogens with one attached hydrogen (secondary N) is 3. The third kappa shape index (κ3) is 9.54. The summed E-state index contributed by atoms with van der Waals surface area (Å²) in [6, 6.07) is 11.9. The number of thiophene rings is 1. The first kappa shape index (κ1) is 24.5. The highest BCUT2D eigenvalue weighted by Gasteiger charge is 2.12. The van der Waals surface area contributed by atoms with Crippen LogP contribution in [0, 0.1) is 0 Å². The van der Waals surface area contributed by atoms with Crippen molar-refractivity contribution in [2.75, 3.05) is 38.1 Å². The van der Waals surface area contributed by atoms with Gasteiger partial charge in [-0.2, -0.15) is 0 Å². The zero-order chi connectivity index (χ0) is 22.4. The first-order valence-electron chi connectivity index (χ1n) is 11.5. The Morgan fingerprint density at radius 3 is 2.66 bits per heavy atom. The van der Waals surface area contributed by atoms with Crippen molar-refractivity contribution in [1.82, 2.24) is 15.5 Å². The zero-order valence-corrected chi connectivity index (χ0v) is 20.2. The van der Waals surface area contributed by atoms with Crippen LogP contribution in [-0.2, 0) is 11.3 Å². The van der Waals surface area contributed by atoms with Gasteiger partial charge in [0.1, 0.15) is 5.75 Å². The fourth-order valence-electron chi connectivity index (χ4n) is 3.58. The summed E-state index contributed by atoms with van der Waals surface area (Å²) in [7, 11) is 0. The van der Waals surface area contributed by atoms with Crippen LogP contribution >= 0.6 is 23.6 Å². The van der Waals surface area contributed by atoms with Crippen molar-refractivity contribution in [3.8, 4) is 5.75 Å². The number of rotatable bonds is 12. The monoisotopic (exact) mass is 474 g/mol. The van der Waals surface area contributed by atoms with E-state index in [1.54, 1.807) is 11.3 Å². The van der Waals surface area contributed by atoms with Gasteiger partial charge >= 0.3 is 0 Å². The first-order valence-corrected chi connectivity index (χ1v) is 12.8. The molecular weight excluding hydrogens is 440 g/mol. The van der Waals surface area contributed by atoms with Gasteiger partial charge in [-0.3, -0.25) is 9.69 Å². The van der Waals surface area contributed by atoms with Crippen molar-refractivity contribution in [3.63, 3.8) is 0 Å². The Labute approximate surface area is 200 Å². The molecule has 174 valence electrons. The largest absolute Gasteiger partial charge is 0.493 e. The second kappa shape index (κ2) is 14.1. The molecule has 0 saturated carbocycles. The van der Waals surface area contributed by atoms with Gasteiger partial charge in [-0.25, -0.2) is 0 Å². The molecule has 0 radical (unpaired) electrons. The third-order valence-corrected chi connectivity index (χ3v) is 6.41. The van der Waals surface area contributed by atoms with Crippen LogP contribution in [0.3, 0.4) is 0 Å². The number of anilines is 1. The van der Waals surface area contributed by atoms with E-state index < -0.39 is 0 Å². The lowest BCUT2D eigenvalue weighted by molar-refractivity contribution is -0.121. The number of hydrogen-bond acceptors (Lipinski definition) is 5. The molecule has 6 nitrogen and oxygen atoms in total. The summed E-state index contributed by atoms with van der Waals surface area (Å²) in [6.45, 7) is 5.35. The van der Waals surface area contributed by atoms with E-state index in [1.807, 2.05) is 30.3 Å². The molecule has 3 N–H and O–H groups in total. The van der Waals surface area contributed by atoms with Crippen LogP contribution in [-0.4, -0.2) is 48.7 Å². The summed E-state index contributed by atoms with van der Waals surface area (Å²) in [5.74, 6) is 1.01. The topological polar surface area (TPSA) is 65.6 Å². The van der Waals surface area contributed by atoms with Crippen LogP contribution in [0.5, 0.6) is 5.75 Å². The highest BCUT2D eigenvalue weighted by atomic mass is 32.1. The van der Waals surface area contributed by atoms with E-state index >= 15 is 0 Å². The molecule has 1 aliphatic heterocycles. The lowest BCUT2D eigenvalue weighted by Gasteiger charge is -2.25. The van der Waals surface area contributed by atoms with Crippen molar-refractivity contribution in [1.29, 1.82) is 0 Å². The molecule has 1 aliphatic rings. The molecule has 0 bridgehead atoms. The molecular formula is C24H34N4O2S2. The molecule has 3 rings (SSSR count). The molecule has 1 amide bonds. The van der Waals surface area contributed by atoms with E-state index in [0.29, 0.717) is 31.2 Å². The van der Waals surface area contributed by atoms with E-state index in [0.717, 1.165) is 30.8 Å². The number of carbonyl (C=O) groups is 1. The number of ether oxygens (including phenoxy) is 1. The Hall–Kier alpha value is -2.16. The summed E-state index contributed by atoms with van der Waals surface area (Å²) < 4.78 is 5.84. The summed E-state index contributed by atoms with van der Waals surface area (Å²) in [4.78, 5) is 15.9. The average molecular weight is 475 g/mol. The van der Waals surface area contributed by atoms with E-state index in [1.165, 1.54) is 37.2 Å². The smallest absolute Gasteiger partial charge is 0.220 e. The fourth-order valence-corrected chi connectivity index (χ4v) is 4.65. The van der Waals surface area contributed by atoms with Crippen molar-refractivity contribution in [2.24, 2.45) is 0 Å². The molecule has 0 unspecified atom stereocenters. The maximum Gasteiger partial charge on any atom is 0.220 e. The Morgan fingerprint density at radius 2 is 1.84 bits per heavy atom. The number of amides is 1. The van der Waals surface area contributed by atoms with E-state index in [9.17, 15) is 4.79 Å². The van der Waals surface area contributed by atoms with Crippen LogP contribution in [0.15, 0.2) is 41.8 Å². The molecule has 1 aromatic heterocycles. The number of carbonyl (C=O) groups excluding carboxylic acids is 1. The lowest BCUT2D eigenvalue weighted by atomic mass is 10.1. The Balaban J connectivity index is 1.17. The number of para-hydroxylation sites is 1. The van der Waals surface area contributed by atoms with Crippen molar-refractivity contribution in [3.05, 3.63) is 46.7 Å². The molecule has 2 aromatic rings. The summed E-state index contributed by atoms with van der Waals surface area (Å²) in [6.07, 6.45) is 6.00. The minimum atomic E-state index is 0.0630. The SMILES string of the molecule is O=C(CCCNC(=S)Nc1ccccc1)NCCCOc1csc(CN2CCCCC2)c1. The Morgan fingerprint density at radius 1 is 1.06 bits per heavy atom. The predicted molar refractivity (Wildman–Crippen MR) is 136 cm³/mol. The highest BCUT2D eigenvalue weighted by molar-refractivity contribution is 7.80. The molecule has 0 atom stereocenters. The molecule has 8 heteroatoms. The predicted octanol–water partition coefficient (Wildman–Crippen LogP) is 4.39. The van der Waals surface area contributed by atoms with Gasteiger partial charge in [-0.15, -0.1) is 11.3 Å². The first-order chi connectivity index (χ1) is 15.7. The van der Waals surface area contributed by atoms with Crippen molar-refractivity contribution in [2.45, 2.75) is 45.1 Å². The maximum atomic E-state index is 12.0. The maximum absolute atomic E-state index is 12.0. The lowest BCUT2D eigenvalue weighted by Crippen LogP contribution is -2.31. The van der Waals surface area contributed by atoms with Gasteiger partial charge in [0.05, 0.1) is 6.61 Å². The Kier molecular flexibility index (Phi) is 10.8. The fraction of sp³-hybridized carbons (Fsp3) is 0.500. The van der Waals surface area contributed by atoms with Crippen LogP contribution in [0.4, 0.5) is 5.69 Å². The van der Waals surface area contributed by atoms with E-state index in [4.69, 9.17) is 17.0 Å². The Bertz CT molecular complexity index is 822. The number of hydrogen-bond donors (Lipinski definition) is 3. The summed E-state index contributed by atoms with van der Waals surface area (Å²) in [5.41, 5.74) is 0.950. The molecule has 2 heterocycles. The summed E-state index contributed by atoms with van der Waals surface area (Å²) in [5, 5.41) is 11.9. The number of benzene rings is 1. The van der Waals surface area contributed by atoms with Gasteiger partial charge in [0.2, 0.25) is 5.91 Å².